The lowest BCUT2D eigenvalue weighted by atomic mass is 9.97. The van der Waals surface area contributed by atoms with Crippen LogP contribution >= 0.6 is 11.3 Å². The highest BCUT2D eigenvalue weighted by Crippen LogP contribution is 2.18. The number of likely N-dealkylation sites (tertiary alicyclic amines) is 1. The van der Waals surface area contributed by atoms with E-state index in [-0.39, 0.29) is 12.5 Å². The van der Waals surface area contributed by atoms with Gasteiger partial charge in [0.15, 0.2) is 0 Å². The van der Waals surface area contributed by atoms with Crippen LogP contribution in [0.3, 0.4) is 0 Å². The van der Waals surface area contributed by atoms with E-state index >= 15 is 0 Å². The van der Waals surface area contributed by atoms with Gasteiger partial charge in [0.1, 0.15) is 11.5 Å². The summed E-state index contributed by atoms with van der Waals surface area (Å²) in [6.45, 7) is 6.11. The van der Waals surface area contributed by atoms with Crippen molar-refractivity contribution >= 4 is 17.2 Å². The third-order valence-corrected chi connectivity index (χ3v) is 4.79. The van der Waals surface area contributed by atoms with Crippen molar-refractivity contribution in [1.82, 2.24) is 10.2 Å². The molecule has 0 bridgehead atoms. The predicted octanol–water partition coefficient (Wildman–Crippen LogP) is 1.55. The molecule has 0 spiro atoms. The maximum absolute atomic E-state index is 12.2. The van der Waals surface area contributed by atoms with Crippen LogP contribution in [-0.4, -0.2) is 48.7 Å². The van der Waals surface area contributed by atoms with Gasteiger partial charge in [0.25, 0.3) is 5.91 Å². The average molecular weight is 306 g/mol. The molecule has 0 aliphatic carbocycles. The SMILES string of the molecule is CCN1CCC(CNC(=O)c2sccc2C#CCO)CC1. The summed E-state index contributed by atoms with van der Waals surface area (Å²) in [5.74, 6) is 5.93. The normalized spacial score (nSPS) is 16.3. The number of carbonyl (C=O) groups is 1. The Labute approximate surface area is 130 Å². The molecule has 21 heavy (non-hydrogen) atoms. The Morgan fingerprint density at radius 1 is 1.52 bits per heavy atom. The number of aliphatic hydroxyl groups excluding tert-OH is 1. The summed E-state index contributed by atoms with van der Waals surface area (Å²) in [4.78, 5) is 15.3. The highest BCUT2D eigenvalue weighted by Gasteiger charge is 2.19. The first-order chi connectivity index (χ1) is 10.2. The molecule has 2 N–H and O–H groups in total. The van der Waals surface area contributed by atoms with Gasteiger partial charge in [-0.1, -0.05) is 18.8 Å². The molecule has 5 heteroatoms. The van der Waals surface area contributed by atoms with E-state index in [1.807, 2.05) is 11.4 Å². The minimum atomic E-state index is -0.188. The monoisotopic (exact) mass is 306 g/mol. The second kappa shape index (κ2) is 8.18. The van der Waals surface area contributed by atoms with E-state index in [4.69, 9.17) is 5.11 Å². The molecule has 1 aliphatic rings. The van der Waals surface area contributed by atoms with E-state index in [2.05, 4.69) is 29.0 Å². The summed E-state index contributed by atoms with van der Waals surface area (Å²) >= 11 is 1.39. The van der Waals surface area contributed by atoms with E-state index < -0.39 is 0 Å². The average Bonchev–Trinajstić information content (AvgIpc) is 2.99. The zero-order valence-electron chi connectivity index (χ0n) is 12.4. The first kappa shape index (κ1) is 16.0. The zero-order chi connectivity index (χ0) is 15.1. The third kappa shape index (κ3) is 4.57. The molecule has 1 aromatic rings. The molecule has 0 saturated carbocycles. The highest BCUT2D eigenvalue weighted by atomic mass is 32.1. The van der Waals surface area contributed by atoms with E-state index in [1.165, 1.54) is 11.3 Å². The molecule has 1 aliphatic heterocycles. The van der Waals surface area contributed by atoms with E-state index in [0.717, 1.165) is 39.0 Å². The maximum atomic E-state index is 12.2. The summed E-state index contributed by atoms with van der Waals surface area (Å²) < 4.78 is 0. The van der Waals surface area contributed by atoms with Gasteiger partial charge in [0.2, 0.25) is 0 Å². The van der Waals surface area contributed by atoms with Crippen molar-refractivity contribution in [3.63, 3.8) is 0 Å². The number of nitrogens with one attached hydrogen (secondary N) is 1. The van der Waals surface area contributed by atoms with Crippen molar-refractivity contribution in [3.8, 4) is 11.8 Å². The molecule has 2 rings (SSSR count). The molecule has 114 valence electrons. The number of hydrogen-bond acceptors (Lipinski definition) is 4. The molecule has 1 fully saturated rings. The fraction of sp³-hybridized carbons (Fsp3) is 0.562. The molecule has 0 radical (unpaired) electrons. The Kier molecular flexibility index (Phi) is 6.24. The molecule has 1 amide bonds. The molecule has 4 nitrogen and oxygen atoms in total. The van der Waals surface area contributed by atoms with Crippen molar-refractivity contribution in [3.05, 3.63) is 21.9 Å². The number of thiophene rings is 1. The van der Waals surface area contributed by atoms with Crippen LogP contribution in [0.2, 0.25) is 0 Å². The van der Waals surface area contributed by atoms with E-state index in [9.17, 15) is 4.79 Å². The largest absolute Gasteiger partial charge is 0.384 e. The standard InChI is InChI=1S/C16H22N2O2S/c1-2-18-8-5-13(6-9-18)12-17-16(20)15-14(4-3-10-19)7-11-21-15/h7,11,13,19H,2,5-6,8-10,12H2,1H3,(H,17,20). The Morgan fingerprint density at radius 2 is 2.29 bits per heavy atom. The quantitative estimate of drug-likeness (QED) is 0.830. The fourth-order valence-electron chi connectivity index (χ4n) is 2.54. The Morgan fingerprint density at radius 3 is 2.95 bits per heavy atom. The second-order valence-electron chi connectivity index (χ2n) is 5.21. The number of aliphatic hydroxyl groups is 1. The number of carbonyl (C=O) groups excluding carboxylic acids is 1. The van der Waals surface area contributed by atoms with Crippen molar-refractivity contribution in [2.45, 2.75) is 19.8 Å². The van der Waals surface area contributed by atoms with Gasteiger partial charge in [0.05, 0.1) is 0 Å². The molecule has 1 saturated heterocycles. The van der Waals surface area contributed by atoms with Gasteiger partial charge in [-0.2, -0.15) is 0 Å². The molecule has 0 unspecified atom stereocenters. The smallest absolute Gasteiger partial charge is 0.262 e. The molecular weight excluding hydrogens is 284 g/mol. The van der Waals surface area contributed by atoms with Crippen LogP contribution in [0, 0.1) is 17.8 Å². The van der Waals surface area contributed by atoms with Gasteiger partial charge >= 0.3 is 0 Å². The van der Waals surface area contributed by atoms with Crippen molar-refractivity contribution in [2.75, 3.05) is 32.8 Å². The summed E-state index contributed by atoms with van der Waals surface area (Å²) in [6.07, 6.45) is 2.30. The van der Waals surface area contributed by atoms with Crippen LogP contribution in [0.1, 0.15) is 35.0 Å². The van der Waals surface area contributed by atoms with Gasteiger partial charge < -0.3 is 15.3 Å². The summed E-state index contributed by atoms with van der Waals surface area (Å²) in [6, 6.07) is 1.82. The van der Waals surface area contributed by atoms with Crippen LogP contribution in [0.15, 0.2) is 11.4 Å². The Bertz CT molecular complexity index is 522. The van der Waals surface area contributed by atoms with Gasteiger partial charge in [0, 0.05) is 12.1 Å². The lowest BCUT2D eigenvalue weighted by molar-refractivity contribution is 0.0940. The van der Waals surface area contributed by atoms with Crippen LogP contribution in [0.25, 0.3) is 0 Å². The van der Waals surface area contributed by atoms with Crippen molar-refractivity contribution in [2.24, 2.45) is 5.92 Å². The first-order valence-electron chi connectivity index (χ1n) is 7.42. The van der Waals surface area contributed by atoms with Crippen LogP contribution < -0.4 is 5.32 Å². The van der Waals surface area contributed by atoms with Crippen LogP contribution in [0.4, 0.5) is 0 Å². The summed E-state index contributed by atoms with van der Waals surface area (Å²) in [7, 11) is 0. The van der Waals surface area contributed by atoms with Crippen molar-refractivity contribution in [1.29, 1.82) is 0 Å². The van der Waals surface area contributed by atoms with Gasteiger partial charge in [-0.25, -0.2) is 0 Å². The summed E-state index contributed by atoms with van der Waals surface area (Å²) in [5.41, 5.74) is 0.701. The van der Waals surface area contributed by atoms with Gasteiger partial charge in [-0.3, -0.25) is 4.79 Å². The lowest BCUT2D eigenvalue weighted by Crippen LogP contribution is -2.38. The third-order valence-electron chi connectivity index (χ3n) is 3.88. The maximum Gasteiger partial charge on any atom is 0.262 e. The number of piperidine rings is 1. The highest BCUT2D eigenvalue weighted by molar-refractivity contribution is 7.12. The van der Waals surface area contributed by atoms with E-state index in [1.54, 1.807) is 0 Å². The molecule has 2 heterocycles. The first-order valence-corrected chi connectivity index (χ1v) is 8.30. The Balaban J connectivity index is 1.84. The number of nitrogens with zero attached hydrogens (tertiary/aromatic N) is 1. The minimum Gasteiger partial charge on any atom is -0.384 e. The Hall–Kier alpha value is -1.35. The molecule has 0 atom stereocenters. The zero-order valence-corrected chi connectivity index (χ0v) is 13.2. The second-order valence-corrected chi connectivity index (χ2v) is 6.13. The van der Waals surface area contributed by atoms with Gasteiger partial charge in [-0.05, 0) is 49.8 Å². The molecule has 1 aromatic heterocycles. The number of hydrogen-bond donors (Lipinski definition) is 2. The predicted molar refractivity (Wildman–Crippen MR) is 85.5 cm³/mol. The van der Waals surface area contributed by atoms with Crippen molar-refractivity contribution < 1.29 is 9.90 Å². The molecule has 0 aromatic carbocycles. The fourth-order valence-corrected chi connectivity index (χ4v) is 3.31. The topological polar surface area (TPSA) is 52.6 Å². The minimum absolute atomic E-state index is 0.0508. The van der Waals surface area contributed by atoms with Gasteiger partial charge in [-0.15, -0.1) is 11.3 Å². The number of amides is 1. The van der Waals surface area contributed by atoms with E-state index in [0.29, 0.717) is 16.4 Å². The summed E-state index contributed by atoms with van der Waals surface area (Å²) in [5, 5.41) is 13.6. The van der Waals surface area contributed by atoms with Crippen LogP contribution in [0.5, 0.6) is 0 Å². The number of rotatable bonds is 4. The van der Waals surface area contributed by atoms with Crippen LogP contribution in [-0.2, 0) is 0 Å². The lowest BCUT2D eigenvalue weighted by Gasteiger charge is -2.30. The molecular formula is C16H22N2O2S.